The molecule has 2 heterocycles. The van der Waals surface area contributed by atoms with Crippen molar-refractivity contribution >= 4 is 34.4 Å². The van der Waals surface area contributed by atoms with Gasteiger partial charge < -0.3 is 10.2 Å². The van der Waals surface area contributed by atoms with Gasteiger partial charge in [-0.05, 0) is 13.3 Å². The Kier molecular flexibility index (Phi) is 4.32. The number of aliphatic hydroxyl groups excluding tert-OH is 1. The van der Waals surface area contributed by atoms with Crippen molar-refractivity contribution in [2.45, 2.75) is 31.2 Å². The maximum absolute atomic E-state index is 12.3. The number of carbonyl (C=O) groups excluding carboxylic acids is 1. The minimum absolute atomic E-state index is 0.198. The van der Waals surface area contributed by atoms with Crippen molar-refractivity contribution in [1.82, 2.24) is 4.90 Å². The molecule has 6 nitrogen and oxygen atoms in total. The molecule has 1 amide bonds. The standard InChI is InChI=1S/C13H17NO5S2/c1-4-6-13-8(7(3)15)10(16)14(13)9(11(17)18)12(20-13)21(19)5-2/h4,7-8,15H,1,5-6H2,2-3H3,(H,17,18)/t7?,8-,13+,21?/m0/s1. The van der Waals surface area contributed by atoms with E-state index in [0.717, 1.165) is 11.8 Å². The Morgan fingerprint density at radius 2 is 2.29 bits per heavy atom. The van der Waals surface area contributed by atoms with Crippen LogP contribution in [0.3, 0.4) is 0 Å². The van der Waals surface area contributed by atoms with Crippen molar-refractivity contribution in [2.24, 2.45) is 5.92 Å². The van der Waals surface area contributed by atoms with Crippen LogP contribution < -0.4 is 0 Å². The summed E-state index contributed by atoms with van der Waals surface area (Å²) in [6.07, 6.45) is 0.991. The minimum atomic E-state index is -1.48. The summed E-state index contributed by atoms with van der Waals surface area (Å²) in [5.74, 6) is -2.17. The van der Waals surface area contributed by atoms with E-state index in [9.17, 15) is 24.0 Å². The van der Waals surface area contributed by atoms with Crippen LogP contribution in [0.2, 0.25) is 0 Å². The van der Waals surface area contributed by atoms with Gasteiger partial charge in [-0.3, -0.25) is 13.9 Å². The summed E-state index contributed by atoms with van der Waals surface area (Å²) in [4.78, 5) is 24.0. The van der Waals surface area contributed by atoms with Crippen molar-refractivity contribution in [2.75, 3.05) is 5.75 Å². The zero-order valence-electron chi connectivity index (χ0n) is 11.7. The van der Waals surface area contributed by atoms with Gasteiger partial charge in [0.05, 0.1) is 22.8 Å². The molecule has 0 aromatic carbocycles. The normalized spacial score (nSPS) is 30.7. The number of amides is 1. The molecule has 1 saturated heterocycles. The van der Waals surface area contributed by atoms with Gasteiger partial charge in [0.25, 0.3) is 0 Å². The third kappa shape index (κ3) is 2.16. The number of nitrogens with zero attached hydrogens (tertiary/aromatic N) is 1. The van der Waals surface area contributed by atoms with Crippen LogP contribution in [0.1, 0.15) is 20.3 Å². The van der Waals surface area contributed by atoms with Gasteiger partial charge in [0.1, 0.15) is 9.11 Å². The van der Waals surface area contributed by atoms with Crippen LogP contribution in [0.25, 0.3) is 0 Å². The number of β-lactam (4-membered cyclic amide) rings is 1. The summed E-state index contributed by atoms with van der Waals surface area (Å²) in [5, 5.41) is 19.2. The number of carboxylic acids is 1. The number of aliphatic carboxylic acids is 1. The topological polar surface area (TPSA) is 94.9 Å². The third-order valence-electron chi connectivity index (χ3n) is 3.63. The van der Waals surface area contributed by atoms with Crippen molar-refractivity contribution < 1.29 is 24.0 Å². The van der Waals surface area contributed by atoms with Crippen LogP contribution in [-0.4, -0.2) is 47.9 Å². The molecule has 4 atom stereocenters. The number of carboxylic acid groups (broad SMARTS) is 1. The molecule has 1 fully saturated rings. The molecule has 116 valence electrons. The van der Waals surface area contributed by atoms with Gasteiger partial charge in [0.15, 0.2) is 5.70 Å². The summed E-state index contributed by atoms with van der Waals surface area (Å²) in [6.45, 7) is 6.83. The number of hydrogen-bond donors (Lipinski definition) is 2. The predicted molar refractivity (Wildman–Crippen MR) is 80.5 cm³/mol. The number of thioether (sulfide) groups is 1. The second-order valence-electron chi connectivity index (χ2n) is 4.91. The van der Waals surface area contributed by atoms with E-state index < -0.39 is 39.6 Å². The third-order valence-corrected chi connectivity index (χ3v) is 6.90. The predicted octanol–water partition coefficient (Wildman–Crippen LogP) is 0.867. The number of aliphatic hydroxyl groups is 1. The molecule has 21 heavy (non-hydrogen) atoms. The molecule has 0 bridgehead atoms. The molecule has 2 aliphatic rings. The Bertz CT molecular complexity index is 571. The van der Waals surface area contributed by atoms with Crippen LogP contribution in [0.15, 0.2) is 22.6 Å². The van der Waals surface area contributed by atoms with Gasteiger partial charge in [0.2, 0.25) is 5.91 Å². The van der Waals surface area contributed by atoms with E-state index in [-0.39, 0.29) is 15.7 Å². The van der Waals surface area contributed by atoms with E-state index in [4.69, 9.17) is 0 Å². The SMILES string of the molecule is C=CC[C@]12SC(S(=O)CC)=C(C(=O)O)N1C(=O)[C@@H]2C(C)O. The Balaban J connectivity index is 2.53. The average Bonchev–Trinajstić information content (AvgIpc) is 2.68. The molecule has 0 aromatic rings. The smallest absolute Gasteiger partial charge is 0.354 e. The lowest BCUT2D eigenvalue weighted by Gasteiger charge is -2.53. The van der Waals surface area contributed by atoms with Gasteiger partial charge in [-0.15, -0.1) is 6.58 Å². The highest BCUT2D eigenvalue weighted by Gasteiger charge is 2.68. The van der Waals surface area contributed by atoms with Gasteiger partial charge in [-0.1, -0.05) is 24.8 Å². The lowest BCUT2D eigenvalue weighted by Crippen LogP contribution is -2.69. The van der Waals surface area contributed by atoms with Gasteiger partial charge in [-0.2, -0.15) is 0 Å². The maximum Gasteiger partial charge on any atom is 0.354 e. The molecule has 0 radical (unpaired) electrons. The molecular weight excluding hydrogens is 314 g/mol. The molecule has 0 spiro atoms. The fraction of sp³-hybridized carbons (Fsp3) is 0.538. The highest BCUT2D eigenvalue weighted by Crippen LogP contribution is 2.61. The van der Waals surface area contributed by atoms with E-state index in [1.165, 1.54) is 11.8 Å². The van der Waals surface area contributed by atoms with Crippen molar-refractivity contribution in [3.63, 3.8) is 0 Å². The highest BCUT2D eigenvalue weighted by molar-refractivity contribution is 8.17. The van der Waals surface area contributed by atoms with E-state index in [0.29, 0.717) is 6.42 Å². The molecule has 0 aliphatic carbocycles. The fourth-order valence-electron chi connectivity index (χ4n) is 2.82. The zero-order chi connectivity index (χ0) is 15.9. The molecule has 2 unspecified atom stereocenters. The van der Waals surface area contributed by atoms with Crippen molar-refractivity contribution in [3.05, 3.63) is 22.6 Å². The van der Waals surface area contributed by atoms with Gasteiger partial charge in [0, 0.05) is 5.75 Å². The fourth-order valence-corrected chi connectivity index (χ4v) is 6.13. The lowest BCUT2D eigenvalue weighted by molar-refractivity contribution is -0.166. The summed E-state index contributed by atoms with van der Waals surface area (Å²) in [7, 11) is -1.48. The Morgan fingerprint density at radius 1 is 1.67 bits per heavy atom. The number of fused-ring (bicyclic) bond motifs is 1. The van der Waals surface area contributed by atoms with E-state index in [1.807, 2.05) is 0 Å². The van der Waals surface area contributed by atoms with Crippen LogP contribution in [-0.2, 0) is 20.4 Å². The molecule has 8 heteroatoms. The number of rotatable bonds is 6. The Labute approximate surface area is 129 Å². The monoisotopic (exact) mass is 331 g/mol. The first kappa shape index (κ1) is 16.3. The average molecular weight is 331 g/mol. The summed E-state index contributed by atoms with van der Waals surface area (Å²) < 4.78 is 12.3. The van der Waals surface area contributed by atoms with Crippen LogP contribution in [0, 0.1) is 5.92 Å². The molecule has 2 N–H and O–H groups in total. The largest absolute Gasteiger partial charge is 0.477 e. The second-order valence-corrected chi connectivity index (χ2v) is 8.16. The van der Waals surface area contributed by atoms with Gasteiger partial charge in [-0.25, -0.2) is 4.79 Å². The highest BCUT2D eigenvalue weighted by atomic mass is 32.2. The van der Waals surface area contributed by atoms with Gasteiger partial charge >= 0.3 is 5.97 Å². The van der Waals surface area contributed by atoms with E-state index in [2.05, 4.69) is 6.58 Å². The Morgan fingerprint density at radius 3 is 2.71 bits per heavy atom. The molecule has 2 aliphatic heterocycles. The molecule has 2 rings (SSSR count). The van der Waals surface area contributed by atoms with Crippen LogP contribution in [0.4, 0.5) is 0 Å². The minimum Gasteiger partial charge on any atom is -0.477 e. The van der Waals surface area contributed by atoms with Crippen molar-refractivity contribution in [3.8, 4) is 0 Å². The van der Waals surface area contributed by atoms with Crippen molar-refractivity contribution in [1.29, 1.82) is 0 Å². The Hall–Kier alpha value is -1.12. The lowest BCUT2D eigenvalue weighted by atomic mass is 9.80. The molecule has 0 saturated carbocycles. The molecular formula is C13H17NO5S2. The second kappa shape index (κ2) is 5.58. The van der Waals surface area contributed by atoms with E-state index in [1.54, 1.807) is 13.0 Å². The summed E-state index contributed by atoms with van der Waals surface area (Å²) in [6, 6.07) is 0. The molecule has 0 aromatic heterocycles. The quantitative estimate of drug-likeness (QED) is 0.554. The summed E-state index contributed by atoms with van der Waals surface area (Å²) in [5.41, 5.74) is -0.219. The maximum atomic E-state index is 12.3. The zero-order valence-corrected chi connectivity index (χ0v) is 13.4. The number of carbonyl (C=O) groups is 2. The van der Waals surface area contributed by atoms with E-state index >= 15 is 0 Å². The summed E-state index contributed by atoms with van der Waals surface area (Å²) >= 11 is 1.11. The first-order chi connectivity index (χ1) is 9.81. The number of hydrogen-bond acceptors (Lipinski definition) is 5. The van der Waals surface area contributed by atoms with Crippen LogP contribution in [0.5, 0.6) is 0 Å². The first-order valence-corrected chi connectivity index (χ1v) is 8.63. The first-order valence-electron chi connectivity index (χ1n) is 6.49. The van der Waals surface area contributed by atoms with Crippen LogP contribution >= 0.6 is 11.8 Å².